The molecule has 0 atom stereocenters. The number of aryl methyl sites for hydroxylation is 2. The van der Waals surface area contributed by atoms with Crippen LogP contribution in [0.2, 0.25) is 0 Å². The summed E-state index contributed by atoms with van der Waals surface area (Å²) in [7, 11) is 0. The lowest BCUT2D eigenvalue weighted by atomic mass is 9.86. The number of thiophene rings is 1. The van der Waals surface area contributed by atoms with Gasteiger partial charge in [-0.15, -0.1) is 11.3 Å². The minimum Gasteiger partial charge on any atom is -0.349 e. The molecule has 1 heterocycles. The number of benzene rings is 1. The number of rotatable bonds is 2. The van der Waals surface area contributed by atoms with Crippen LogP contribution >= 0.6 is 11.3 Å². The highest BCUT2D eigenvalue weighted by Crippen LogP contribution is 2.42. The van der Waals surface area contributed by atoms with Gasteiger partial charge in [0.2, 0.25) is 0 Å². The van der Waals surface area contributed by atoms with Crippen LogP contribution in [0.5, 0.6) is 0 Å². The van der Waals surface area contributed by atoms with Crippen molar-refractivity contribution in [2.24, 2.45) is 0 Å². The van der Waals surface area contributed by atoms with Crippen LogP contribution in [0.4, 0.5) is 0 Å². The Morgan fingerprint density at radius 3 is 2.55 bits per heavy atom. The van der Waals surface area contributed by atoms with E-state index in [1.54, 1.807) is 11.3 Å². The van der Waals surface area contributed by atoms with Gasteiger partial charge in [-0.2, -0.15) is 0 Å². The summed E-state index contributed by atoms with van der Waals surface area (Å²) in [6.07, 6.45) is 2.12. The first-order valence-corrected chi connectivity index (χ1v) is 8.91. The summed E-state index contributed by atoms with van der Waals surface area (Å²) in [5.74, 6) is 0.0612. The van der Waals surface area contributed by atoms with Crippen molar-refractivity contribution in [2.45, 2.75) is 53.5 Å². The molecule has 1 aliphatic carbocycles. The number of carbonyl (C=O) groups excluding carboxylic acids is 1. The molecule has 1 N–H and O–H groups in total. The molecule has 1 aromatic heterocycles. The van der Waals surface area contributed by atoms with Gasteiger partial charge in [0, 0.05) is 16.5 Å². The van der Waals surface area contributed by atoms with Gasteiger partial charge in [-0.3, -0.25) is 4.79 Å². The van der Waals surface area contributed by atoms with E-state index in [1.807, 2.05) is 27.7 Å². The zero-order chi connectivity index (χ0) is 16.3. The summed E-state index contributed by atoms with van der Waals surface area (Å²) in [6, 6.07) is 8.63. The Hall–Kier alpha value is -1.61. The lowest BCUT2D eigenvalue weighted by Crippen LogP contribution is -2.30. The number of hydrogen-bond acceptors (Lipinski definition) is 2. The number of hydrogen-bond donors (Lipinski definition) is 1. The molecule has 1 amide bonds. The third kappa shape index (κ3) is 3.09. The predicted molar refractivity (Wildman–Crippen MR) is 95.9 cm³/mol. The molecule has 0 saturated carbocycles. The van der Waals surface area contributed by atoms with Crippen LogP contribution in [-0.2, 0) is 12.8 Å². The second-order valence-electron chi connectivity index (χ2n) is 5.63. The van der Waals surface area contributed by atoms with Gasteiger partial charge < -0.3 is 5.32 Å². The summed E-state index contributed by atoms with van der Waals surface area (Å²) < 4.78 is 0. The van der Waals surface area contributed by atoms with Crippen LogP contribution in [0, 0.1) is 6.92 Å². The molecule has 22 heavy (non-hydrogen) atoms. The van der Waals surface area contributed by atoms with Gasteiger partial charge in [-0.05, 0) is 50.3 Å². The highest BCUT2D eigenvalue weighted by Gasteiger charge is 2.26. The molecule has 3 heteroatoms. The number of amides is 1. The summed E-state index contributed by atoms with van der Waals surface area (Å²) in [5, 5.41) is 3.02. The molecular formula is C19H25NOS. The van der Waals surface area contributed by atoms with Crippen molar-refractivity contribution in [1.29, 1.82) is 0 Å². The zero-order valence-corrected chi connectivity index (χ0v) is 14.9. The molecule has 1 aliphatic rings. The van der Waals surface area contributed by atoms with Crippen LogP contribution in [0.25, 0.3) is 11.1 Å². The molecular weight excluding hydrogens is 290 g/mol. The molecule has 0 saturated heterocycles. The van der Waals surface area contributed by atoms with Crippen molar-refractivity contribution < 1.29 is 4.79 Å². The van der Waals surface area contributed by atoms with Crippen molar-refractivity contribution in [1.82, 2.24) is 5.32 Å². The van der Waals surface area contributed by atoms with E-state index >= 15 is 0 Å². The number of nitrogens with one attached hydrogen (secondary N) is 1. The van der Waals surface area contributed by atoms with E-state index in [0.29, 0.717) is 0 Å². The van der Waals surface area contributed by atoms with Gasteiger partial charge in [-0.25, -0.2) is 0 Å². The van der Waals surface area contributed by atoms with E-state index in [9.17, 15) is 4.79 Å². The molecule has 3 rings (SSSR count). The summed E-state index contributed by atoms with van der Waals surface area (Å²) in [6.45, 7) is 10.1. The minimum absolute atomic E-state index is 0.0612. The largest absolute Gasteiger partial charge is 0.349 e. The monoisotopic (exact) mass is 315 g/mol. The minimum atomic E-state index is 0.0612. The standard InChI is InChI=1S/C17H19NOS.C2H6/c1-10(2)18-17(19)16-15-13(11(3)20-16)9-8-12-6-4-5-7-14(12)15;1-2/h4-7,10H,8-9H2,1-3H3,(H,18,19);1-2H3. The Bertz CT molecular complexity index is 670. The summed E-state index contributed by atoms with van der Waals surface area (Å²) in [4.78, 5) is 14.6. The van der Waals surface area contributed by atoms with E-state index in [-0.39, 0.29) is 11.9 Å². The van der Waals surface area contributed by atoms with E-state index in [4.69, 9.17) is 0 Å². The highest BCUT2D eigenvalue weighted by atomic mass is 32.1. The van der Waals surface area contributed by atoms with E-state index in [0.717, 1.165) is 17.7 Å². The first-order valence-electron chi connectivity index (χ1n) is 8.09. The molecule has 0 unspecified atom stereocenters. The maximum Gasteiger partial charge on any atom is 0.262 e. The molecule has 2 aromatic rings. The molecule has 0 radical (unpaired) electrons. The molecule has 0 bridgehead atoms. The fraction of sp³-hybridized carbons (Fsp3) is 0.421. The van der Waals surface area contributed by atoms with Crippen molar-refractivity contribution >= 4 is 17.2 Å². The molecule has 118 valence electrons. The molecule has 2 nitrogen and oxygen atoms in total. The maximum absolute atomic E-state index is 12.4. The summed E-state index contributed by atoms with van der Waals surface area (Å²) in [5.41, 5.74) is 5.14. The average Bonchev–Trinajstić information content (AvgIpc) is 2.86. The first kappa shape index (κ1) is 16.8. The van der Waals surface area contributed by atoms with Crippen molar-refractivity contribution in [3.8, 4) is 11.1 Å². The van der Waals surface area contributed by atoms with Gasteiger partial charge in [0.15, 0.2) is 0 Å². The lowest BCUT2D eigenvalue weighted by molar-refractivity contribution is 0.0947. The van der Waals surface area contributed by atoms with Crippen LogP contribution < -0.4 is 5.32 Å². The third-order valence-corrected chi connectivity index (χ3v) is 4.91. The lowest BCUT2D eigenvalue weighted by Gasteiger charge is -2.18. The summed E-state index contributed by atoms with van der Waals surface area (Å²) >= 11 is 1.63. The van der Waals surface area contributed by atoms with Crippen LogP contribution in [0.1, 0.15) is 53.4 Å². The molecule has 1 aromatic carbocycles. The average molecular weight is 315 g/mol. The van der Waals surface area contributed by atoms with Crippen molar-refractivity contribution in [3.05, 3.63) is 45.1 Å². The Kier molecular flexibility index (Phi) is 5.41. The Morgan fingerprint density at radius 2 is 1.86 bits per heavy atom. The zero-order valence-electron chi connectivity index (χ0n) is 14.1. The van der Waals surface area contributed by atoms with Gasteiger partial charge in [0.25, 0.3) is 5.91 Å². The second kappa shape index (κ2) is 7.10. The Balaban J connectivity index is 0.000000847. The number of carbonyl (C=O) groups is 1. The van der Waals surface area contributed by atoms with Gasteiger partial charge >= 0.3 is 0 Å². The highest BCUT2D eigenvalue weighted by molar-refractivity contribution is 7.14. The van der Waals surface area contributed by atoms with E-state index < -0.39 is 0 Å². The Labute approximate surface area is 137 Å². The van der Waals surface area contributed by atoms with E-state index in [1.165, 1.54) is 27.1 Å². The quantitative estimate of drug-likeness (QED) is 0.831. The smallest absolute Gasteiger partial charge is 0.262 e. The van der Waals surface area contributed by atoms with Crippen molar-refractivity contribution in [3.63, 3.8) is 0 Å². The predicted octanol–water partition coefficient (Wildman–Crippen LogP) is 4.99. The fourth-order valence-electron chi connectivity index (χ4n) is 2.89. The van der Waals surface area contributed by atoms with Gasteiger partial charge in [0.1, 0.15) is 4.88 Å². The molecule has 0 aliphatic heterocycles. The SMILES string of the molecule is CC.Cc1sc(C(=O)NC(C)C)c2c1CCc1ccccc1-2. The molecule has 0 fully saturated rings. The maximum atomic E-state index is 12.4. The third-order valence-electron chi connectivity index (χ3n) is 3.77. The Morgan fingerprint density at radius 1 is 1.18 bits per heavy atom. The van der Waals surface area contributed by atoms with E-state index in [2.05, 4.69) is 36.5 Å². The topological polar surface area (TPSA) is 29.1 Å². The van der Waals surface area contributed by atoms with Crippen LogP contribution in [0.3, 0.4) is 0 Å². The number of fused-ring (bicyclic) bond motifs is 3. The van der Waals surface area contributed by atoms with Crippen LogP contribution in [0.15, 0.2) is 24.3 Å². The normalized spacial score (nSPS) is 12.1. The first-order chi connectivity index (χ1) is 10.6. The van der Waals surface area contributed by atoms with Gasteiger partial charge in [0.05, 0.1) is 0 Å². The van der Waals surface area contributed by atoms with Crippen LogP contribution in [-0.4, -0.2) is 11.9 Å². The molecule has 0 spiro atoms. The fourth-order valence-corrected chi connectivity index (χ4v) is 4.01. The second-order valence-corrected chi connectivity index (χ2v) is 6.85. The van der Waals surface area contributed by atoms with Crippen molar-refractivity contribution in [2.75, 3.05) is 0 Å². The van der Waals surface area contributed by atoms with Gasteiger partial charge in [-0.1, -0.05) is 38.1 Å².